The molecule has 0 bridgehead atoms. The summed E-state index contributed by atoms with van der Waals surface area (Å²) in [7, 11) is 0. The van der Waals surface area contributed by atoms with Gasteiger partial charge in [0.1, 0.15) is 0 Å². The molecular formula is C13H23NO. The molecule has 1 heterocycles. The lowest BCUT2D eigenvalue weighted by Gasteiger charge is -2.12. The summed E-state index contributed by atoms with van der Waals surface area (Å²) < 4.78 is 0. The van der Waals surface area contributed by atoms with Crippen molar-refractivity contribution in [2.75, 3.05) is 19.7 Å². The minimum Gasteiger partial charge on any atom is -0.396 e. The van der Waals surface area contributed by atoms with Gasteiger partial charge in [-0.3, -0.25) is 0 Å². The van der Waals surface area contributed by atoms with Gasteiger partial charge in [0.05, 0.1) is 0 Å². The molecular weight excluding hydrogens is 186 g/mol. The molecule has 15 heavy (non-hydrogen) atoms. The predicted octanol–water partition coefficient (Wildman–Crippen LogP) is 2.26. The molecule has 1 aliphatic rings. The molecule has 2 nitrogen and oxygen atoms in total. The van der Waals surface area contributed by atoms with Gasteiger partial charge in [0.15, 0.2) is 0 Å². The summed E-state index contributed by atoms with van der Waals surface area (Å²) >= 11 is 0. The summed E-state index contributed by atoms with van der Waals surface area (Å²) in [4.78, 5) is 0. The van der Waals surface area contributed by atoms with E-state index in [1.54, 1.807) is 5.57 Å². The zero-order chi connectivity index (χ0) is 10.9. The minimum absolute atomic E-state index is 0.293. The number of aliphatic hydroxyl groups is 1. The second-order valence-electron chi connectivity index (χ2n) is 4.35. The van der Waals surface area contributed by atoms with Crippen LogP contribution in [0.5, 0.6) is 0 Å². The van der Waals surface area contributed by atoms with Crippen LogP contribution in [0, 0.1) is 5.92 Å². The first-order valence-corrected chi connectivity index (χ1v) is 5.97. The fourth-order valence-corrected chi connectivity index (χ4v) is 1.69. The third-order valence-corrected chi connectivity index (χ3v) is 2.81. The van der Waals surface area contributed by atoms with E-state index in [9.17, 15) is 0 Å². The van der Waals surface area contributed by atoms with Crippen molar-refractivity contribution in [1.29, 1.82) is 0 Å². The van der Waals surface area contributed by atoms with Crippen molar-refractivity contribution >= 4 is 0 Å². The molecule has 0 amide bonds. The van der Waals surface area contributed by atoms with Crippen molar-refractivity contribution in [3.63, 3.8) is 0 Å². The minimum atomic E-state index is 0.293. The molecule has 0 aromatic carbocycles. The van der Waals surface area contributed by atoms with Crippen LogP contribution >= 0.6 is 0 Å². The van der Waals surface area contributed by atoms with Crippen LogP contribution in [0.15, 0.2) is 23.8 Å². The number of aliphatic hydroxyl groups excluding tert-OH is 1. The number of rotatable bonds is 6. The van der Waals surface area contributed by atoms with E-state index < -0.39 is 0 Å². The van der Waals surface area contributed by atoms with Crippen LogP contribution in [0.1, 0.15) is 32.6 Å². The first-order chi connectivity index (χ1) is 7.33. The summed E-state index contributed by atoms with van der Waals surface area (Å²) in [5.74, 6) is 0.402. The third-order valence-electron chi connectivity index (χ3n) is 2.81. The average Bonchev–Trinajstić information content (AvgIpc) is 2.29. The van der Waals surface area contributed by atoms with Gasteiger partial charge in [0, 0.05) is 13.2 Å². The Morgan fingerprint density at radius 1 is 1.53 bits per heavy atom. The molecule has 0 saturated heterocycles. The molecule has 0 aliphatic carbocycles. The molecule has 0 aromatic heterocycles. The van der Waals surface area contributed by atoms with E-state index in [4.69, 9.17) is 5.11 Å². The van der Waals surface area contributed by atoms with Crippen LogP contribution in [0.25, 0.3) is 0 Å². The fourth-order valence-electron chi connectivity index (χ4n) is 1.69. The van der Waals surface area contributed by atoms with Crippen LogP contribution < -0.4 is 5.32 Å². The molecule has 86 valence electrons. The van der Waals surface area contributed by atoms with E-state index in [0.29, 0.717) is 12.5 Å². The molecule has 0 aromatic rings. The van der Waals surface area contributed by atoms with Gasteiger partial charge in [-0.2, -0.15) is 0 Å². The number of nitrogens with one attached hydrogen (secondary N) is 1. The Labute approximate surface area is 93.1 Å². The van der Waals surface area contributed by atoms with E-state index >= 15 is 0 Å². The number of hydrogen-bond donors (Lipinski definition) is 2. The van der Waals surface area contributed by atoms with Gasteiger partial charge >= 0.3 is 0 Å². The zero-order valence-corrected chi connectivity index (χ0v) is 9.71. The SMILES string of the molecule is CC(CO)C/C=C\CCC1=CCNCC1. The lowest BCUT2D eigenvalue weighted by Crippen LogP contribution is -2.20. The van der Waals surface area contributed by atoms with E-state index in [0.717, 1.165) is 25.9 Å². The fraction of sp³-hybridized carbons (Fsp3) is 0.692. The molecule has 0 radical (unpaired) electrons. The third kappa shape index (κ3) is 5.75. The van der Waals surface area contributed by atoms with E-state index in [-0.39, 0.29) is 0 Å². The Morgan fingerprint density at radius 2 is 2.40 bits per heavy atom. The Kier molecular flexibility index (Phi) is 6.37. The highest BCUT2D eigenvalue weighted by molar-refractivity contribution is 5.07. The molecule has 1 unspecified atom stereocenters. The van der Waals surface area contributed by atoms with E-state index in [1.165, 1.54) is 12.8 Å². The van der Waals surface area contributed by atoms with Gasteiger partial charge in [0.25, 0.3) is 0 Å². The molecule has 1 aliphatic heterocycles. The van der Waals surface area contributed by atoms with Gasteiger partial charge < -0.3 is 10.4 Å². The van der Waals surface area contributed by atoms with Crippen LogP contribution in [0.4, 0.5) is 0 Å². The smallest absolute Gasteiger partial charge is 0.0459 e. The monoisotopic (exact) mass is 209 g/mol. The van der Waals surface area contributed by atoms with E-state index in [1.807, 2.05) is 0 Å². The molecule has 1 atom stereocenters. The summed E-state index contributed by atoms with van der Waals surface area (Å²) in [5.41, 5.74) is 1.59. The summed E-state index contributed by atoms with van der Waals surface area (Å²) in [5, 5.41) is 12.2. The van der Waals surface area contributed by atoms with Crippen molar-refractivity contribution in [2.24, 2.45) is 5.92 Å². The van der Waals surface area contributed by atoms with Gasteiger partial charge in [-0.25, -0.2) is 0 Å². The highest BCUT2D eigenvalue weighted by Crippen LogP contribution is 2.12. The summed E-state index contributed by atoms with van der Waals surface area (Å²) in [6.45, 7) is 4.54. The quantitative estimate of drug-likeness (QED) is 0.658. The van der Waals surface area contributed by atoms with Crippen molar-refractivity contribution in [1.82, 2.24) is 5.32 Å². The molecule has 0 saturated carbocycles. The topological polar surface area (TPSA) is 32.3 Å². The maximum absolute atomic E-state index is 8.85. The first kappa shape index (κ1) is 12.5. The number of allylic oxidation sites excluding steroid dienone is 2. The lowest BCUT2D eigenvalue weighted by molar-refractivity contribution is 0.239. The molecule has 1 rings (SSSR count). The first-order valence-electron chi connectivity index (χ1n) is 5.97. The predicted molar refractivity (Wildman–Crippen MR) is 64.8 cm³/mol. The standard InChI is InChI=1S/C13H23NO/c1-12(11-15)5-3-2-4-6-13-7-9-14-10-8-13/h2-3,7,12,14-15H,4-6,8-11H2,1H3/b3-2-. The Balaban J connectivity index is 2.07. The zero-order valence-electron chi connectivity index (χ0n) is 9.71. The van der Waals surface area contributed by atoms with Crippen LogP contribution in [0.3, 0.4) is 0 Å². The van der Waals surface area contributed by atoms with Crippen LogP contribution in [0.2, 0.25) is 0 Å². The average molecular weight is 209 g/mol. The molecule has 0 spiro atoms. The van der Waals surface area contributed by atoms with E-state index in [2.05, 4.69) is 30.5 Å². The Morgan fingerprint density at radius 3 is 3.07 bits per heavy atom. The lowest BCUT2D eigenvalue weighted by atomic mass is 10.0. The maximum Gasteiger partial charge on any atom is 0.0459 e. The van der Waals surface area contributed by atoms with Gasteiger partial charge in [-0.15, -0.1) is 0 Å². The van der Waals surface area contributed by atoms with Crippen molar-refractivity contribution in [3.8, 4) is 0 Å². The number of hydrogen-bond acceptors (Lipinski definition) is 2. The van der Waals surface area contributed by atoms with Crippen molar-refractivity contribution in [2.45, 2.75) is 32.6 Å². The van der Waals surface area contributed by atoms with Gasteiger partial charge in [-0.05, 0) is 38.1 Å². The largest absolute Gasteiger partial charge is 0.396 e. The van der Waals surface area contributed by atoms with Gasteiger partial charge in [0.2, 0.25) is 0 Å². The van der Waals surface area contributed by atoms with Crippen molar-refractivity contribution < 1.29 is 5.11 Å². The molecule has 0 fully saturated rings. The highest BCUT2D eigenvalue weighted by atomic mass is 16.3. The summed E-state index contributed by atoms with van der Waals surface area (Å²) in [6, 6.07) is 0. The summed E-state index contributed by atoms with van der Waals surface area (Å²) in [6.07, 6.45) is 11.3. The van der Waals surface area contributed by atoms with Crippen LogP contribution in [-0.4, -0.2) is 24.8 Å². The second-order valence-corrected chi connectivity index (χ2v) is 4.35. The van der Waals surface area contributed by atoms with Crippen LogP contribution in [-0.2, 0) is 0 Å². The second kappa shape index (κ2) is 7.66. The highest BCUT2D eigenvalue weighted by Gasteiger charge is 2.01. The van der Waals surface area contributed by atoms with Crippen molar-refractivity contribution in [3.05, 3.63) is 23.8 Å². The maximum atomic E-state index is 8.85. The molecule has 2 N–H and O–H groups in total. The normalized spacial score (nSPS) is 19.2. The van der Waals surface area contributed by atoms with Gasteiger partial charge in [-0.1, -0.05) is 30.7 Å². The molecule has 2 heteroatoms. The Hall–Kier alpha value is -0.600. The Bertz CT molecular complexity index is 221.